The molecule has 1 amide bonds. The van der Waals surface area contributed by atoms with E-state index in [2.05, 4.69) is 0 Å². The first-order valence-electron chi connectivity index (χ1n) is 11.7. The highest BCUT2D eigenvalue weighted by Crippen LogP contribution is 2.40. The number of amides is 1. The van der Waals surface area contributed by atoms with E-state index in [1.807, 2.05) is 44.2 Å². The number of carbonyl (C=O) groups is 1. The van der Waals surface area contributed by atoms with Crippen molar-refractivity contribution in [2.24, 2.45) is 5.92 Å². The summed E-state index contributed by atoms with van der Waals surface area (Å²) in [6.07, 6.45) is 5.43. The molecule has 174 valence electrons. The zero-order valence-corrected chi connectivity index (χ0v) is 19.4. The molecule has 2 N–H and O–H groups in total. The zero-order chi connectivity index (χ0) is 22.6. The molecule has 2 aliphatic rings. The lowest BCUT2D eigenvalue weighted by Gasteiger charge is -2.35. The van der Waals surface area contributed by atoms with E-state index >= 15 is 0 Å². The SMILES string of the molecule is CC(C)(O)C(O)C[C@@H]1OC(C)(C)N(C(=O)OCc2ccccc2)[C@H]1CC1CCCCC1. The molecule has 0 radical (unpaired) electrons. The molecule has 0 aromatic heterocycles. The van der Waals surface area contributed by atoms with Crippen LogP contribution in [0.1, 0.15) is 78.2 Å². The molecule has 6 heteroatoms. The molecule has 2 fully saturated rings. The molecular formula is C25H39NO5. The summed E-state index contributed by atoms with van der Waals surface area (Å²) in [6.45, 7) is 7.15. The van der Waals surface area contributed by atoms with Crippen molar-refractivity contribution >= 4 is 6.09 Å². The Morgan fingerprint density at radius 1 is 1.23 bits per heavy atom. The Labute approximate surface area is 186 Å². The minimum atomic E-state index is -1.23. The topological polar surface area (TPSA) is 79.2 Å². The summed E-state index contributed by atoms with van der Waals surface area (Å²) >= 11 is 0. The molecule has 31 heavy (non-hydrogen) atoms. The van der Waals surface area contributed by atoms with Gasteiger partial charge >= 0.3 is 6.09 Å². The van der Waals surface area contributed by atoms with Crippen molar-refractivity contribution in [3.63, 3.8) is 0 Å². The van der Waals surface area contributed by atoms with Gasteiger partial charge in [0, 0.05) is 6.42 Å². The second-order valence-corrected chi connectivity index (χ2v) is 10.2. The maximum atomic E-state index is 13.2. The zero-order valence-electron chi connectivity index (χ0n) is 19.4. The Morgan fingerprint density at radius 3 is 2.48 bits per heavy atom. The van der Waals surface area contributed by atoms with Crippen LogP contribution in [0.15, 0.2) is 30.3 Å². The maximum Gasteiger partial charge on any atom is 0.412 e. The van der Waals surface area contributed by atoms with Crippen molar-refractivity contribution in [2.75, 3.05) is 0 Å². The first-order valence-corrected chi connectivity index (χ1v) is 11.7. The monoisotopic (exact) mass is 433 g/mol. The second kappa shape index (κ2) is 9.88. The van der Waals surface area contributed by atoms with Gasteiger partial charge in [0.2, 0.25) is 0 Å². The van der Waals surface area contributed by atoms with Gasteiger partial charge < -0.3 is 19.7 Å². The standard InChI is InChI=1S/C25H39NO5/c1-24(2,29)22(27)16-21-20(15-18-11-7-5-8-12-18)26(25(3,4)31-21)23(28)30-17-19-13-9-6-10-14-19/h6,9-10,13-14,18,20-22,27,29H,5,7-8,11-12,15-17H2,1-4H3/t20-,21-,22?/m0/s1. The van der Waals surface area contributed by atoms with E-state index in [0.29, 0.717) is 5.92 Å². The van der Waals surface area contributed by atoms with Crippen LogP contribution in [-0.2, 0) is 16.1 Å². The minimum absolute atomic E-state index is 0.196. The van der Waals surface area contributed by atoms with E-state index in [0.717, 1.165) is 24.8 Å². The number of nitrogens with zero attached hydrogens (tertiary/aromatic N) is 1. The van der Waals surface area contributed by atoms with Gasteiger partial charge in [-0.1, -0.05) is 62.4 Å². The smallest absolute Gasteiger partial charge is 0.412 e. The fourth-order valence-electron chi connectivity index (χ4n) is 4.95. The van der Waals surface area contributed by atoms with E-state index in [9.17, 15) is 15.0 Å². The van der Waals surface area contributed by atoms with Crippen molar-refractivity contribution in [1.29, 1.82) is 0 Å². The Bertz CT molecular complexity index is 708. The molecule has 1 unspecified atom stereocenters. The van der Waals surface area contributed by atoms with Crippen LogP contribution in [0.5, 0.6) is 0 Å². The summed E-state index contributed by atoms with van der Waals surface area (Å²) in [7, 11) is 0. The van der Waals surface area contributed by atoms with Crippen LogP contribution in [0.25, 0.3) is 0 Å². The third-order valence-electron chi connectivity index (χ3n) is 6.75. The van der Waals surface area contributed by atoms with Gasteiger partial charge in [0.15, 0.2) is 0 Å². The summed E-state index contributed by atoms with van der Waals surface area (Å²) in [5.74, 6) is 0.530. The summed E-state index contributed by atoms with van der Waals surface area (Å²) in [5, 5.41) is 20.8. The molecule has 3 rings (SSSR count). The predicted molar refractivity (Wildman–Crippen MR) is 119 cm³/mol. The Hall–Kier alpha value is -1.63. The quantitative estimate of drug-likeness (QED) is 0.656. The van der Waals surface area contributed by atoms with E-state index in [4.69, 9.17) is 9.47 Å². The predicted octanol–water partition coefficient (Wildman–Crippen LogP) is 4.62. The normalized spacial score (nSPS) is 25.4. The van der Waals surface area contributed by atoms with Crippen LogP contribution in [0.3, 0.4) is 0 Å². The van der Waals surface area contributed by atoms with Gasteiger partial charge in [0.25, 0.3) is 0 Å². The molecular weight excluding hydrogens is 394 g/mol. The van der Waals surface area contributed by atoms with Crippen molar-refractivity contribution in [3.05, 3.63) is 35.9 Å². The van der Waals surface area contributed by atoms with E-state index in [-0.39, 0.29) is 25.2 Å². The Balaban J connectivity index is 1.77. The Kier molecular flexibility index (Phi) is 7.66. The van der Waals surface area contributed by atoms with Crippen LogP contribution in [-0.4, -0.2) is 50.8 Å². The highest BCUT2D eigenvalue weighted by molar-refractivity contribution is 5.69. The molecule has 0 spiro atoms. The van der Waals surface area contributed by atoms with Crippen LogP contribution >= 0.6 is 0 Å². The summed E-state index contributed by atoms with van der Waals surface area (Å²) in [6, 6.07) is 9.44. The largest absolute Gasteiger partial charge is 0.444 e. The van der Waals surface area contributed by atoms with Gasteiger partial charge in [-0.3, -0.25) is 4.90 Å². The fraction of sp³-hybridized carbons (Fsp3) is 0.720. The maximum absolute atomic E-state index is 13.2. The second-order valence-electron chi connectivity index (χ2n) is 10.2. The number of ether oxygens (including phenoxy) is 2. The molecule has 1 aromatic rings. The molecule has 1 aromatic carbocycles. The van der Waals surface area contributed by atoms with Crippen LogP contribution in [0, 0.1) is 5.92 Å². The number of aliphatic hydroxyl groups is 2. The minimum Gasteiger partial charge on any atom is -0.444 e. The number of hydrogen-bond acceptors (Lipinski definition) is 5. The number of hydrogen-bond donors (Lipinski definition) is 2. The average molecular weight is 434 g/mol. The van der Waals surface area contributed by atoms with E-state index in [1.54, 1.807) is 18.7 Å². The van der Waals surface area contributed by atoms with Crippen molar-refractivity contribution < 1.29 is 24.5 Å². The van der Waals surface area contributed by atoms with Crippen LogP contribution < -0.4 is 0 Å². The number of rotatable bonds is 7. The third-order valence-corrected chi connectivity index (χ3v) is 6.75. The highest BCUT2D eigenvalue weighted by Gasteiger charge is 2.52. The molecule has 6 nitrogen and oxygen atoms in total. The first-order chi connectivity index (χ1) is 14.6. The number of carbonyl (C=O) groups excluding carboxylic acids is 1. The first kappa shape index (κ1) is 24.0. The summed E-state index contributed by atoms with van der Waals surface area (Å²) < 4.78 is 12.0. The molecule has 1 aliphatic heterocycles. The van der Waals surface area contributed by atoms with E-state index < -0.39 is 23.5 Å². The van der Waals surface area contributed by atoms with Crippen LogP contribution in [0.2, 0.25) is 0 Å². The number of aliphatic hydroxyl groups excluding tert-OH is 1. The highest BCUT2D eigenvalue weighted by atomic mass is 16.6. The molecule has 1 aliphatic carbocycles. The molecule has 0 bridgehead atoms. The third kappa shape index (κ3) is 6.21. The van der Waals surface area contributed by atoms with Crippen molar-refractivity contribution in [2.45, 2.75) is 109 Å². The summed E-state index contributed by atoms with van der Waals surface area (Å²) in [4.78, 5) is 15.0. The van der Waals surface area contributed by atoms with Crippen LogP contribution in [0.4, 0.5) is 4.79 Å². The molecule has 1 saturated carbocycles. The lowest BCUT2D eigenvalue weighted by atomic mass is 9.82. The van der Waals surface area contributed by atoms with Gasteiger partial charge in [-0.25, -0.2) is 4.79 Å². The summed E-state index contributed by atoms with van der Waals surface area (Å²) in [5.41, 5.74) is -1.15. The van der Waals surface area contributed by atoms with Crippen molar-refractivity contribution in [1.82, 2.24) is 4.90 Å². The van der Waals surface area contributed by atoms with Gasteiger partial charge in [-0.05, 0) is 45.6 Å². The molecule has 1 saturated heterocycles. The van der Waals surface area contributed by atoms with Gasteiger partial charge in [-0.15, -0.1) is 0 Å². The molecule has 1 heterocycles. The average Bonchev–Trinajstić information content (AvgIpc) is 2.96. The lowest BCUT2D eigenvalue weighted by Crippen LogP contribution is -2.49. The lowest BCUT2D eigenvalue weighted by molar-refractivity contribution is -0.102. The van der Waals surface area contributed by atoms with Gasteiger partial charge in [0.1, 0.15) is 12.3 Å². The Morgan fingerprint density at radius 2 is 1.87 bits per heavy atom. The number of benzene rings is 1. The van der Waals surface area contributed by atoms with Crippen molar-refractivity contribution in [3.8, 4) is 0 Å². The van der Waals surface area contributed by atoms with E-state index in [1.165, 1.54) is 19.3 Å². The molecule has 3 atom stereocenters. The van der Waals surface area contributed by atoms with Gasteiger partial charge in [0.05, 0.1) is 23.9 Å². The van der Waals surface area contributed by atoms with Gasteiger partial charge in [-0.2, -0.15) is 0 Å². The fourth-order valence-corrected chi connectivity index (χ4v) is 4.95.